The summed E-state index contributed by atoms with van der Waals surface area (Å²) in [4.78, 5) is 25.9. The second-order valence-corrected chi connectivity index (χ2v) is 14.2. The van der Waals surface area contributed by atoms with E-state index in [-0.39, 0.29) is 37.3 Å². The van der Waals surface area contributed by atoms with E-state index >= 15 is 0 Å². The summed E-state index contributed by atoms with van der Waals surface area (Å²) in [6.07, 6.45) is 6.07. The first-order chi connectivity index (χ1) is 17.9. The number of rotatable bonds is 3. The van der Waals surface area contributed by atoms with Crippen molar-refractivity contribution in [1.29, 1.82) is 0 Å². The molecular formula is C30H49F2N3O2S. The number of hydrogen-bond acceptors (Lipinski definition) is 4. The first-order valence-corrected chi connectivity index (χ1v) is 16.5. The van der Waals surface area contributed by atoms with Crippen molar-refractivity contribution < 1.29 is 13.6 Å². The Morgan fingerprint density at radius 2 is 1.47 bits per heavy atom. The van der Waals surface area contributed by atoms with Crippen LogP contribution < -0.4 is 15.5 Å². The summed E-state index contributed by atoms with van der Waals surface area (Å²) in [5.41, 5.74) is 3.73. The molecule has 38 heavy (non-hydrogen) atoms. The van der Waals surface area contributed by atoms with Gasteiger partial charge in [-0.05, 0) is 68.6 Å². The number of alkyl halides is 2. The molecule has 0 amide bonds. The maximum Gasteiger partial charge on any atom is 0.271 e. The van der Waals surface area contributed by atoms with Gasteiger partial charge in [0.15, 0.2) is 5.78 Å². The molecule has 0 atom stereocenters. The van der Waals surface area contributed by atoms with E-state index in [2.05, 4.69) is 30.4 Å². The van der Waals surface area contributed by atoms with Crippen LogP contribution in [-0.2, 0) is 0 Å². The molecule has 0 N–H and O–H groups in total. The van der Waals surface area contributed by atoms with Crippen molar-refractivity contribution in [1.82, 2.24) is 4.68 Å². The molecule has 1 aromatic carbocycles. The highest BCUT2D eigenvalue weighted by atomic mass is 32.3. The Morgan fingerprint density at radius 3 is 2.00 bits per heavy atom. The van der Waals surface area contributed by atoms with Crippen LogP contribution in [-0.4, -0.2) is 66.6 Å². The minimum absolute atomic E-state index is 0.132. The van der Waals surface area contributed by atoms with Crippen molar-refractivity contribution in [2.75, 3.05) is 60.1 Å². The minimum Gasteiger partial charge on any atom is -0.369 e. The first-order valence-electron chi connectivity index (χ1n) is 13.8. The zero-order valence-corrected chi connectivity index (χ0v) is 25.8. The number of pyridine rings is 1. The molecule has 216 valence electrons. The molecule has 2 aliphatic rings. The lowest BCUT2D eigenvalue weighted by molar-refractivity contribution is -0.0260. The number of nitrogens with zero attached hydrogens (tertiary/aromatic N) is 3. The quantitative estimate of drug-likeness (QED) is 0.399. The number of carbonyl (C=O) groups is 1. The standard InChI is InChI=1S/C15H23NOS.C11H14F2N2O.2C2H6/c1-12-5-6-14(13(2)17)15(11-12)16-7-9-18(3,4)10-8-16;1-9-3-2-6-15(10(9)16)14-7-4-11(12,13)5-8-14;2*1-2/h5-6,11H,7-10H2,1-4H3;2-3,6H,4-5,7-8H2,1H3;2*1-2H3. The number of anilines is 1. The molecule has 0 saturated carbocycles. The maximum atomic E-state index is 13.0. The minimum atomic E-state index is -2.58. The van der Waals surface area contributed by atoms with Gasteiger partial charge in [0.1, 0.15) is 0 Å². The SMILES string of the molecule is CC.CC.CC(=O)c1ccc(C)cc1N1CCS(C)(C)CC1.Cc1cccn(N2CCC(F)(F)CC2)c1=O. The van der Waals surface area contributed by atoms with Crippen LogP contribution in [0.2, 0.25) is 0 Å². The van der Waals surface area contributed by atoms with E-state index < -0.39 is 16.0 Å². The lowest BCUT2D eigenvalue weighted by atomic mass is 10.1. The number of halogens is 2. The fourth-order valence-corrected chi connectivity index (χ4v) is 5.85. The third-order valence-electron chi connectivity index (χ3n) is 6.60. The number of Topliss-reactive ketones (excluding diaryl/α,β-unsaturated/α-hetero) is 1. The van der Waals surface area contributed by atoms with Crippen LogP contribution in [0, 0.1) is 13.8 Å². The fourth-order valence-electron chi connectivity index (χ4n) is 4.22. The van der Waals surface area contributed by atoms with E-state index in [1.807, 2.05) is 39.8 Å². The summed E-state index contributed by atoms with van der Waals surface area (Å²) in [5.74, 6) is 0.141. The van der Waals surface area contributed by atoms with Gasteiger partial charge in [0.25, 0.3) is 11.5 Å². The average Bonchev–Trinajstić information content (AvgIpc) is 2.88. The Balaban J connectivity index is 0.000000338. The third kappa shape index (κ3) is 9.75. The van der Waals surface area contributed by atoms with Crippen molar-refractivity contribution >= 4 is 21.5 Å². The Kier molecular flexibility index (Phi) is 13.6. The molecule has 0 spiro atoms. The Morgan fingerprint density at radius 1 is 0.921 bits per heavy atom. The van der Waals surface area contributed by atoms with E-state index in [0.717, 1.165) is 24.3 Å². The van der Waals surface area contributed by atoms with E-state index in [1.54, 1.807) is 37.2 Å². The monoisotopic (exact) mass is 553 g/mol. The van der Waals surface area contributed by atoms with Crippen LogP contribution in [0.3, 0.4) is 0 Å². The number of aryl methyl sites for hydroxylation is 2. The van der Waals surface area contributed by atoms with Gasteiger partial charge in [0.2, 0.25) is 0 Å². The number of hydrogen-bond donors (Lipinski definition) is 0. The van der Waals surface area contributed by atoms with Gasteiger partial charge in [-0.2, -0.15) is 0 Å². The summed E-state index contributed by atoms with van der Waals surface area (Å²) in [5, 5.41) is 1.67. The Bertz CT molecular complexity index is 1070. The number of ketones is 1. The Hall–Kier alpha value is -2.35. The molecule has 0 unspecified atom stereocenters. The van der Waals surface area contributed by atoms with Gasteiger partial charge in [-0.25, -0.2) is 23.5 Å². The second-order valence-electron chi connectivity index (χ2n) is 9.89. The summed E-state index contributed by atoms with van der Waals surface area (Å²) in [7, 11) is -0.393. The zero-order valence-electron chi connectivity index (χ0n) is 24.9. The van der Waals surface area contributed by atoms with Crippen molar-refractivity contribution in [3.05, 3.63) is 63.6 Å². The predicted octanol–water partition coefficient (Wildman–Crippen LogP) is 6.66. The maximum absolute atomic E-state index is 13.0. The highest BCUT2D eigenvalue weighted by Crippen LogP contribution is 2.42. The molecule has 8 heteroatoms. The van der Waals surface area contributed by atoms with Crippen molar-refractivity contribution in [2.24, 2.45) is 0 Å². The normalized spacial score (nSPS) is 18.4. The molecule has 2 saturated heterocycles. The van der Waals surface area contributed by atoms with Gasteiger partial charge in [-0.3, -0.25) is 9.59 Å². The second kappa shape index (κ2) is 15.3. The average molecular weight is 554 g/mol. The number of benzene rings is 1. The molecule has 1 aromatic heterocycles. The predicted molar refractivity (Wildman–Crippen MR) is 163 cm³/mol. The van der Waals surface area contributed by atoms with Crippen LogP contribution in [0.4, 0.5) is 14.5 Å². The topological polar surface area (TPSA) is 45.6 Å². The highest BCUT2D eigenvalue weighted by Gasteiger charge is 2.34. The summed E-state index contributed by atoms with van der Waals surface area (Å²) >= 11 is 0. The molecule has 2 aliphatic heterocycles. The van der Waals surface area contributed by atoms with Crippen LogP contribution >= 0.6 is 10.0 Å². The lowest BCUT2D eigenvalue weighted by Crippen LogP contribution is -2.49. The molecule has 2 fully saturated rings. The summed E-state index contributed by atoms with van der Waals surface area (Å²) < 4.78 is 27.4. The summed E-state index contributed by atoms with van der Waals surface area (Å²) in [6, 6.07) is 9.63. The van der Waals surface area contributed by atoms with Crippen LogP contribution in [0.1, 0.15) is 68.9 Å². The van der Waals surface area contributed by atoms with Crippen LogP contribution in [0.5, 0.6) is 0 Å². The molecule has 3 heterocycles. The van der Waals surface area contributed by atoms with E-state index in [0.29, 0.717) is 5.56 Å². The molecule has 0 bridgehead atoms. The number of carbonyl (C=O) groups excluding carboxylic acids is 1. The van der Waals surface area contributed by atoms with Gasteiger partial charge in [-0.1, -0.05) is 39.8 Å². The molecule has 5 nitrogen and oxygen atoms in total. The molecule has 0 radical (unpaired) electrons. The Labute approximate surface area is 230 Å². The molecule has 4 rings (SSSR count). The van der Waals surface area contributed by atoms with E-state index in [4.69, 9.17) is 0 Å². The van der Waals surface area contributed by atoms with Gasteiger partial charge in [0.05, 0.1) is 0 Å². The van der Waals surface area contributed by atoms with Crippen molar-refractivity contribution in [3.8, 4) is 0 Å². The van der Waals surface area contributed by atoms with Gasteiger partial charge in [-0.15, -0.1) is 0 Å². The van der Waals surface area contributed by atoms with Crippen LogP contribution in [0.15, 0.2) is 41.3 Å². The zero-order chi connectivity index (χ0) is 29.1. The number of piperidine rings is 1. The highest BCUT2D eigenvalue weighted by molar-refractivity contribution is 8.32. The largest absolute Gasteiger partial charge is 0.369 e. The van der Waals surface area contributed by atoms with Gasteiger partial charge < -0.3 is 9.91 Å². The van der Waals surface area contributed by atoms with Crippen LogP contribution in [0.25, 0.3) is 0 Å². The van der Waals surface area contributed by atoms with E-state index in [9.17, 15) is 18.4 Å². The fraction of sp³-hybridized carbons (Fsp3) is 0.600. The summed E-state index contributed by atoms with van der Waals surface area (Å²) in [6.45, 7) is 16.1. The van der Waals surface area contributed by atoms with Crippen molar-refractivity contribution in [2.45, 2.75) is 67.2 Å². The van der Waals surface area contributed by atoms with Gasteiger partial charge in [0, 0.05) is 62.0 Å². The molecule has 0 aliphatic carbocycles. The number of aromatic nitrogens is 1. The lowest BCUT2D eigenvalue weighted by Gasteiger charge is -2.42. The van der Waals surface area contributed by atoms with E-state index in [1.165, 1.54) is 21.7 Å². The molecule has 2 aromatic rings. The smallest absolute Gasteiger partial charge is 0.271 e. The van der Waals surface area contributed by atoms with Crippen molar-refractivity contribution in [3.63, 3.8) is 0 Å². The molecular weight excluding hydrogens is 504 g/mol. The first kappa shape index (κ1) is 33.7. The van der Waals surface area contributed by atoms with Gasteiger partial charge >= 0.3 is 0 Å². The third-order valence-corrected chi connectivity index (χ3v) is 9.17.